The number of benzene rings is 2. The Hall–Kier alpha value is -3.01. The van der Waals surface area contributed by atoms with Crippen LogP contribution in [0.3, 0.4) is 0 Å². The Balaban J connectivity index is 1.72. The van der Waals surface area contributed by atoms with E-state index in [1.54, 1.807) is 12.4 Å². The molecular weight excluding hydrogens is 298 g/mol. The van der Waals surface area contributed by atoms with Crippen LogP contribution in [0.2, 0.25) is 0 Å². The van der Waals surface area contributed by atoms with Gasteiger partial charge in [-0.2, -0.15) is 0 Å². The van der Waals surface area contributed by atoms with E-state index in [-0.39, 0.29) is 11.8 Å². The Labute approximate surface area is 141 Å². The lowest BCUT2D eigenvalue weighted by Gasteiger charge is -2.15. The van der Waals surface area contributed by atoms with Gasteiger partial charge >= 0.3 is 0 Å². The van der Waals surface area contributed by atoms with E-state index < -0.39 is 0 Å². The highest BCUT2D eigenvalue weighted by molar-refractivity contribution is 5.95. The molecule has 120 valence electrons. The number of aromatic nitrogens is 2. The first-order valence-electron chi connectivity index (χ1n) is 8.01. The van der Waals surface area contributed by atoms with Crippen molar-refractivity contribution in [3.63, 3.8) is 0 Å². The molecule has 1 atom stereocenters. The zero-order valence-electron chi connectivity index (χ0n) is 13.5. The molecule has 1 heterocycles. The molecule has 4 heteroatoms. The minimum Gasteiger partial charge on any atom is -0.323 e. The van der Waals surface area contributed by atoms with E-state index in [1.165, 1.54) is 0 Å². The van der Waals surface area contributed by atoms with Crippen molar-refractivity contribution in [2.75, 3.05) is 5.32 Å². The summed E-state index contributed by atoms with van der Waals surface area (Å²) in [4.78, 5) is 21.2. The summed E-state index contributed by atoms with van der Waals surface area (Å²) in [5.41, 5.74) is 2.57. The van der Waals surface area contributed by atoms with Crippen LogP contribution in [0.5, 0.6) is 0 Å². The highest BCUT2D eigenvalue weighted by atomic mass is 16.1. The van der Waals surface area contributed by atoms with Crippen molar-refractivity contribution >= 4 is 11.6 Å². The summed E-state index contributed by atoms with van der Waals surface area (Å²) < 4.78 is 0. The first-order chi connectivity index (χ1) is 11.8. The van der Waals surface area contributed by atoms with Crippen molar-refractivity contribution < 1.29 is 4.79 Å². The lowest BCUT2D eigenvalue weighted by molar-refractivity contribution is -0.117. The Bertz CT molecular complexity index is 786. The second kappa shape index (κ2) is 7.51. The first kappa shape index (κ1) is 15.9. The number of hydrogen-bond acceptors (Lipinski definition) is 3. The summed E-state index contributed by atoms with van der Waals surface area (Å²) in [5.74, 6) is 0.420. The molecule has 0 aliphatic carbocycles. The van der Waals surface area contributed by atoms with Gasteiger partial charge in [0, 0.05) is 5.56 Å². The molecule has 1 aromatic heterocycles. The molecule has 0 saturated heterocycles. The molecular formula is C20H19N3O. The fraction of sp³-hybridized carbons (Fsp3) is 0.150. The van der Waals surface area contributed by atoms with Crippen LogP contribution < -0.4 is 5.32 Å². The predicted molar refractivity (Wildman–Crippen MR) is 95.6 cm³/mol. The monoisotopic (exact) mass is 317 g/mol. The standard InChI is InChI=1S/C20H19N3O/c1-2-18(15-9-5-3-6-10-15)20(24)23-17-13-21-19(22-14-17)16-11-7-4-8-12-16/h3-14,18H,2H2,1H3,(H,23,24)/t18-/m1/s1. The van der Waals surface area contributed by atoms with Crippen LogP contribution in [0.25, 0.3) is 11.4 Å². The summed E-state index contributed by atoms with van der Waals surface area (Å²) >= 11 is 0. The number of rotatable bonds is 5. The lowest BCUT2D eigenvalue weighted by Crippen LogP contribution is -2.20. The summed E-state index contributed by atoms with van der Waals surface area (Å²) in [7, 11) is 0. The van der Waals surface area contributed by atoms with Gasteiger partial charge in [0.1, 0.15) is 0 Å². The Morgan fingerprint density at radius 2 is 1.54 bits per heavy atom. The maximum atomic E-state index is 12.5. The van der Waals surface area contributed by atoms with Crippen LogP contribution in [0, 0.1) is 0 Å². The molecule has 0 unspecified atom stereocenters. The lowest BCUT2D eigenvalue weighted by atomic mass is 9.95. The molecule has 1 amide bonds. The molecule has 0 aliphatic heterocycles. The number of anilines is 1. The van der Waals surface area contributed by atoms with Gasteiger partial charge in [-0.15, -0.1) is 0 Å². The molecule has 1 N–H and O–H groups in total. The molecule has 2 aromatic carbocycles. The van der Waals surface area contributed by atoms with E-state index in [0.29, 0.717) is 11.5 Å². The van der Waals surface area contributed by atoms with Crippen molar-refractivity contribution in [3.05, 3.63) is 78.6 Å². The molecule has 3 aromatic rings. The molecule has 4 nitrogen and oxygen atoms in total. The minimum atomic E-state index is -0.181. The van der Waals surface area contributed by atoms with Gasteiger partial charge in [-0.05, 0) is 12.0 Å². The fourth-order valence-corrected chi connectivity index (χ4v) is 2.62. The summed E-state index contributed by atoms with van der Waals surface area (Å²) in [6, 6.07) is 19.5. The third-order valence-electron chi connectivity index (χ3n) is 3.88. The van der Waals surface area contributed by atoms with Crippen molar-refractivity contribution in [2.45, 2.75) is 19.3 Å². The summed E-state index contributed by atoms with van der Waals surface area (Å²) in [5, 5.41) is 2.91. The highest BCUT2D eigenvalue weighted by Crippen LogP contribution is 2.21. The van der Waals surface area contributed by atoms with Gasteiger partial charge in [-0.25, -0.2) is 9.97 Å². The van der Waals surface area contributed by atoms with Crippen LogP contribution in [0.15, 0.2) is 73.1 Å². The van der Waals surface area contributed by atoms with Gasteiger partial charge < -0.3 is 5.32 Å². The van der Waals surface area contributed by atoms with Gasteiger partial charge in [0.05, 0.1) is 24.0 Å². The smallest absolute Gasteiger partial charge is 0.231 e. The Kier molecular flexibility index (Phi) is 4.96. The summed E-state index contributed by atoms with van der Waals surface area (Å²) in [6.07, 6.45) is 4.02. The first-order valence-corrected chi connectivity index (χ1v) is 8.01. The number of carbonyl (C=O) groups excluding carboxylic acids is 1. The van der Waals surface area contributed by atoms with Gasteiger partial charge in [-0.3, -0.25) is 4.79 Å². The van der Waals surface area contributed by atoms with Crippen molar-refractivity contribution in [1.82, 2.24) is 9.97 Å². The molecule has 0 spiro atoms. The Morgan fingerprint density at radius 3 is 2.12 bits per heavy atom. The van der Waals surface area contributed by atoms with Crippen LogP contribution in [-0.4, -0.2) is 15.9 Å². The molecule has 24 heavy (non-hydrogen) atoms. The van der Waals surface area contributed by atoms with Crippen molar-refractivity contribution in [3.8, 4) is 11.4 Å². The average molecular weight is 317 g/mol. The third kappa shape index (κ3) is 3.66. The molecule has 0 fully saturated rings. The molecule has 0 bridgehead atoms. The van der Waals surface area contributed by atoms with Crippen LogP contribution in [0.1, 0.15) is 24.8 Å². The molecule has 0 radical (unpaired) electrons. The predicted octanol–water partition coefficient (Wildman–Crippen LogP) is 4.28. The van der Waals surface area contributed by atoms with E-state index in [1.807, 2.05) is 67.6 Å². The second-order valence-electron chi connectivity index (χ2n) is 5.52. The molecule has 0 saturated carbocycles. The molecule has 0 aliphatic rings. The number of nitrogens with one attached hydrogen (secondary N) is 1. The van der Waals surface area contributed by atoms with Crippen LogP contribution in [-0.2, 0) is 4.79 Å². The van der Waals surface area contributed by atoms with Crippen LogP contribution in [0.4, 0.5) is 5.69 Å². The number of hydrogen-bond donors (Lipinski definition) is 1. The third-order valence-corrected chi connectivity index (χ3v) is 3.88. The van der Waals surface area contributed by atoms with E-state index in [4.69, 9.17) is 0 Å². The van der Waals surface area contributed by atoms with E-state index in [2.05, 4.69) is 15.3 Å². The maximum absolute atomic E-state index is 12.5. The number of carbonyl (C=O) groups is 1. The number of amides is 1. The van der Waals surface area contributed by atoms with E-state index in [9.17, 15) is 4.79 Å². The normalized spacial score (nSPS) is 11.7. The minimum absolute atomic E-state index is 0.0419. The van der Waals surface area contributed by atoms with Gasteiger partial charge in [0.2, 0.25) is 5.91 Å². The fourth-order valence-electron chi connectivity index (χ4n) is 2.62. The summed E-state index contributed by atoms with van der Waals surface area (Å²) in [6.45, 7) is 2.01. The highest BCUT2D eigenvalue weighted by Gasteiger charge is 2.18. The largest absolute Gasteiger partial charge is 0.323 e. The number of nitrogens with zero attached hydrogens (tertiary/aromatic N) is 2. The van der Waals surface area contributed by atoms with Crippen molar-refractivity contribution in [2.24, 2.45) is 0 Å². The maximum Gasteiger partial charge on any atom is 0.231 e. The second-order valence-corrected chi connectivity index (χ2v) is 5.52. The average Bonchev–Trinajstić information content (AvgIpc) is 2.64. The van der Waals surface area contributed by atoms with Gasteiger partial charge in [0.15, 0.2) is 5.82 Å². The SMILES string of the molecule is CC[C@@H](C(=O)Nc1cnc(-c2ccccc2)nc1)c1ccccc1. The Morgan fingerprint density at radius 1 is 0.958 bits per heavy atom. The zero-order chi connectivity index (χ0) is 16.8. The zero-order valence-corrected chi connectivity index (χ0v) is 13.5. The van der Waals surface area contributed by atoms with Crippen molar-refractivity contribution in [1.29, 1.82) is 0 Å². The van der Waals surface area contributed by atoms with Crippen LogP contribution >= 0.6 is 0 Å². The topological polar surface area (TPSA) is 54.9 Å². The van der Waals surface area contributed by atoms with Gasteiger partial charge in [0.25, 0.3) is 0 Å². The quantitative estimate of drug-likeness (QED) is 0.764. The van der Waals surface area contributed by atoms with E-state index in [0.717, 1.165) is 17.5 Å². The molecule has 3 rings (SSSR count). The van der Waals surface area contributed by atoms with Gasteiger partial charge in [-0.1, -0.05) is 67.6 Å². The van der Waals surface area contributed by atoms with E-state index >= 15 is 0 Å².